The average molecular weight is 608 g/mol. The van der Waals surface area contributed by atoms with Crippen LogP contribution in [0.1, 0.15) is 50.2 Å². The Balaban J connectivity index is 1.76. The Labute approximate surface area is 254 Å². The number of carbonyl (C=O) groups excluding carboxylic acids is 2. The highest BCUT2D eigenvalue weighted by atomic mass is 32.2. The Bertz CT molecular complexity index is 1510. The zero-order valence-corrected chi connectivity index (χ0v) is 26.1. The molecule has 0 spiro atoms. The summed E-state index contributed by atoms with van der Waals surface area (Å²) in [6.07, 6.45) is 4.27. The summed E-state index contributed by atoms with van der Waals surface area (Å²) in [6.45, 7) is 3.26. The molecule has 1 aliphatic rings. The lowest BCUT2D eigenvalue weighted by Crippen LogP contribution is -2.53. The van der Waals surface area contributed by atoms with Gasteiger partial charge in [-0.1, -0.05) is 56.2 Å². The van der Waals surface area contributed by atoms with Crippen LogP contribution in [-0.2, 0) is 26.2 Å². The summed E-state index contributed by atoms with van der Waals surface area (Å²) in [5.41, 5.74) is 1.79. The van der Waals surface area contributed by atoms with Gasteiger partial charge in [-0.15, -0.1) is 0 Å². The normalized spacial score (nSPS) is 14.1. The first-order valence-corrected chi connectivity index (χ1v) is 16.1. The van der Waals surface area contributed by atoms with E-state index in [9.17, 15) is 18.0 Å². The van der Waals surface area contributed by atoms with E-state index in [0.29, 0.717) is 17.9 Å². The van der Waals surface area contributed by atoms with E-state index in [-0.39, 0.29) is 29.1 Å². The van der Waals surface area contributed by atoms with Crippen LogP contribution in [0.25, 0.3) is 0 Å². The molecule has 4 rings (SSSR count). The molecule has 230 valence electrons. The maximum Gasteiger partial charge on any atom is 0.264 e. The molecule has 1 aliphatic carbocycles. The lowest BCUT2D eigenvalue weighted by atomic mass is 10.1. The summed E-state index contributed by atoms with van der Waals surface area (Å²) < 4.78 is 40.3. The fourth-order valence-electron chi connectivity index (χ4n) is 5.48. The van der Waals surface area contributed by atoms with E-state index in [1.54, 1.807) is 43.5 Å². The van der Waals surface area contributed by atoms with E-state index in [0.717, 1.165) is 41.1 Å². The van der Waals surface area contributed by atoms with Crippen molar-refractivity contribution in [3.8, 4) is 11.5 Å². The molecule has 1 unspecified atom stereocenters. The smallest absolute Gasteiger partial charge is 0.264 e. The molecule has 2 amide bonds. The second-order valence-corrected chi connectivity index (χ2v) is 12.6. The molecule has 10 heteroatoms. The van der Waals surface area contributed by atoms with E-state index in [1.807, 2.05) is 38.1 Å². The van der Waals surface area contributed by atoms with Crippen LogP contribution in [0.2, 0.25) is 0 Å². The number of sulfonamides is 1. The Hall–Kier alpha value is -4.05. The van der Waals surface area contributed by atoms with Gasteiger partial charge in [0, 0.05) is 12.6 Å². The van der Waals surface area contributed by atoms with Crippen LogP contribution in [-0.4, -0.2) is 58.0 Å². The first kappa shape index (κ1) is 31.9. The second-order valence-electron chi connectivity index (χ2n) is 10.8. The number of ether oxygens (including phenoxy) is 2. The van der Waals surface area contributed by atoms with Crippen molar-refractivity contribution < 1.29 is 27.5 Å². The quantitative estimate of drug-likeness (QED) is 0.291. The first-order chi connectivity index (χ1) is 20.7. The monoisotopic (exact) mass is 607 g/mol. The molecule has 3 aromatic rings. The average Bonchev–Trinajstić information content (AvgIpc) is 3.53. The van der Waals surface area contributed by atoms with Crippen LogP contribution < -0.4 is 19.1 Å². The van der Waals surface area contributed by atoms with Crippen molar-refractivity contribution in [3.05, 3.63) is 83.9 Å². The molecule has 1 atom stereocenters. The summed E-state index contributed by atoms with van der Waals surface area (Å²) in [5, 5.41) is 3.13. The predicted molar refractivity (Wildman–Crippen MR) is 167 cm³/mol. The van der Waals surface area contributed by atoms with Crippen LogP contribution in [0.5, 0.6) is 11.5 Å². The topological polar surface area (TPSA) is 105 Å². The van der Waals surface area contributed by atoms with Crippen LogP contribution in [0, 0.1) is 6.92 Å². The molecule has 1 saturated carbocycles. The maximum absolute atomic E-state index is 14.4. The molecule has 0 saturated heterocycles. The number of hydrogen-bond acceptors (Lipinski definition) is 6. The largest absolute Gasteiger partial charge is 0.497 e. The molecule has 1 fully saturated rings. The third-order valence-electron chi connectivity index (χ3n) is 7.79. The summed E-state index contributed by atoms with van der Waals surface area (Å²) in [5.74, 6) is 0.171. The van der Waals surface area contributed by atoms with Crippen LogP contribution in [0.15, 0.2) is 77.7 Å². The number of anilines is 1. The van der Waals surface area contributed by atoms with Gasteiger partial charge in [0.05, 0.1) is 24.8 Å². The number of nitrogens with zero attached hydrogens (tertiary/aromatic N) is 2. The lowest BCUT2D eigenvalue weighted by molar-refractivity contribution is -0.140. The van der Waals surface area contributed by atoms with Crippen molar-refractivity contribution in [1.82, 2.24) is 10.2 Å². The van der Waals surface area contributed by atoms with Crippen LogP contribution in [0.4, 0.5) is 5.69 Å². The standard InChI is InChI=1S/C33H41N3O6S/c1-5-29(33(38)34-26-13-9-10-14-26)35(22-25-12-11-15-27(21-25)41-3)32(37)23-36(30-20-24(2)18-19-31(30)42-4)43(39,40)28-16-7-6-8-17-28/h6-8,11-12,15-21,26,29H,5,9-10,13-14,22-23H2,1-4H3,(H,34,38). The summed E-state index contributed by atoms with van der Waals surface area (Å²) in [7, 11) is -1.18. The fourth-order valence-corrected chi connectivity index (χ4v) is 6.92. The number of hydrogen-bond donors (Lipinski definition) is 1. The van der Waals surface area contributed by atoms with Crippen molar-refractivity contribution in [3.63, 3.8) is 0 Å². The van der Waals surface area contributed by atoms with E-state index < -0.39 is 28.5 Å². The molecule has 0 bridgehead atoms. The number of rotatable bonds is 13. The first-order valence-electron chi connectivity index (χ1n) is 14.6. The number of aryl methyl sites for hydroxylation is 1. The van der Waals surface area contributed by atoms with E-state index in [2.05, 4.69) is 5.32 Å². The van der Waals surface area contributed by atoms with Crippen molar-refractivity contribution >= 4 is 27.5 Å². The lowest BCUT2D eigenvalue weighted by Gasteiger charge is -2.34. The molecule has 0 aromatic heterocycles. The number of nitrogens with one attached hydrogen (secondary N) is 1. The van der Waals surface area contributed by atoms with E-state index in [4.69, 9.17) is 9.47 Å². The van der Waals surface area contributed by atoms with Gasteiger partial charge in [0.1, 0.15) is 24.1 Å². The third kappa shape index (κ3) is 7.67. The maximum atomic E-state index is 14.4. The van der Waals surface area contributed by atoms with Gasteiger partial charge in [-0.25, -0.2) is 8.42 Å². The molecule has 0 aliphatic heterocycles. The van der Waals surface area contributed by atoms with Gasteiger partial charge in [0.15, 0.2) is 0 Å². The van der Waals surface area contributed by atoms with Gasteiger partial charge >= 0.3 is 0 Å². The Morgan fingerprint density at radius 1 is 0.953 bits per heavy atom. The number of carbonyl (C=O) groups is 2. The predicted octanol–water partition coefficient (Wildman–Crippen LogP) is 5.07. The van der Waals surface area contributed by atoms with Gasteiger partial charge in [0.2, 0.25) is 11.8 Å². The molecule has 0 radical (unpaired) electrons. The molecular formula is C33H41N3O6S. The minimum absolute atomic E-state index is 0.0386. The van der Waals surface area contributed by atoms with E-state index in [1.165, 1.54) is 24.1 Å². The van der Waals surface area contributed by atoms with Gasteiger partial charge in [-0.2, -0.15) is 0 Å². The zero-order chi connectivity index (χ0) is 31.0. The number of methoxy groups -OCH3 is 2. The Morgan fingerprint density at radius 2 is 1.67 bits per heavy atom. The molecular weight excluding hydrogens is 566 g/mol. The second kappa shape index (κ2) is 14.4. The molecule has 43 heavy (non-hydrogen) atoms. The number of amides is 2. The fraction of sp³-hybridized carbons (Fsp3) is 0.394. The third-order valence-corrected chi connectivity index (χ3v) is 9.56. The van der Waals surface area contributed by atoms with Crippen molar-refractivity contribution in [2.24, 2.45) is 0 Å². The van der Waals surface area contributed by atoms with Gasteiger partial charge in [0.25, 0.3) is 10.0 Å². The minimum Gasteiger partial charge on any atom is -0.497 e. The Morgan fingerprint density at radius 3 is 2.33 bits per heavy atom. The highest BCUT2D eigenvalue weighted by Gasteiger charge is 2.35. The van der Waals surface area contributed by atoms with Crippen LogP contribution in [0.3, 0.4) is 0 Å². The SMILES string of the molecule is CCC(C(=O)NC1CCCC1)N(Cc1cccc(OC)c1)C(=O)CN(c1cc(C)ccc1OC)S(=O)(=O)c1ccccc1. The summed E-state index contributed by atoms with van der Waals surface area (Å²) in [6, 6.07) is 19.7. The zero-order valence-electron chi connectivity index (χ0n) is 25.3. The molecule has 1 N–H and O–H groups in total. The molecule has 0 heterocycles. The number of benzene rings is 3. The van der Waals surface area contributed by atoms with Crippen molar-refractivity contribution in [1.29, 1.82) is 0 Å². The van der Waals surface area contributed by atoms with Crippen molar-refractivity contribution in [2.45, 2.75) is 69.5 Å². The van der Waals surface area contributed by atoms with Gasteiger partial charge < -0.3 is 19.7 Å². The van der Waals surface area contributed by atoms with Gasteiger partial charge in [-0.05, 0) is 73.7 Å². The molecule has 9 nitrogen and oxygen atoms in total. The minimum atomic E-state index is -4.20. The Kier molecular flexibility index (Phi) is 10.7. The highest BCUT2D eigenvalue weighted by Crippen LogP contribution is 2.34. The molecule has 3 aromatic carbocycles. The van der Waals surface area contributed by atoms with Gasteiger partial charge in [-0.3, -0.25) is 13.9 Å². The van der Waals surface area contributed by atoms with Crippen LogP contribution >= 0.6 is 0 Å². The summed E-state index contributed by atoms with van der Waals surface area (Å²) >= 11 is 0. The van der Waals surface area contributed by atoms with E-state index >= 15 is 0 Å². The highest BCUT2D eigenvalue weighted by molar-refractivity contribution is 7.92. The van der Waals surface area contributed by atoms with Crippen molar-refractivity contribution in [2.75, 3.05) is 25.1 Å². The summed E-state index contributed by atoms with van der Waals surface area (Å²) in [4.78, 5) is 29.5.